The Labute approximate surface area is 441 Å². The average Bonchev–Trinajstić information content (AvgIpc) is 3.85. The number of ether oxygens (including phenoxy) is 8. The van der Waals surface area contributed by atoms with Gasteiger partial charge in [0.05, 0.1) is 71.5 Å². The highest BCUT2D eigenvalue weighted by Gasteiger charge is 2.53. The zero-order valence-electron chi connectivity index (χ0n) is 45.4. The van der Waals surface area contributed by atoms with Crippen molar-refractivity contribution in [1.82, 2.24) is 9.88 Å². The molecule has 2 aromatic rings. The predicted octanol–water partition coefficient (Wildman–Crippen LogP) is 3.74. The fourth-order valence-corrected chi connectivity index (χ4v) is 11.8. The number of methoxy groups -OCH3 is 2. The largest absolute Gasteiger partial charge is 0.459 e. The molecule has 24 heteroatoms. The number of benzene rings is 1. The van der Waals surface area contributed by atoms with Crippen molar-refractivity contribution in [2.75, 3.05) is 58.8 Å². The molecule has 0 amide bonds. The molecule has 0 spiro atoms. The Bertz CT molecular complexity index is 2160. The van der Waals surface area contributed by atoms with Crippen molar-refractivity contribution >= 4 is 43.9 Å². The van der Waals surface area contributed by atoms with E-state index in [0.29, 0.717) is 29.6 Å². The number of aliphatic hydroxyl groups excluding tert-OH is 3. The van der Waals surface area contributed by atoms with Crippen LogP contribution in [0.5, 0.6) is 0 Å². The highest BCUT2D eigenvalue weighted by atomic mass is 32.2. The van der Waals surface area contributed by atoms with Gasteiger partial charge in [0.25, 0.3) is 10.0 Å². The number of anilines is 2. The summed E-state index contributed by atoms with van der Waals surface area (Å²) < 4.78 is 74.2. The van der Waals surface area contributed by atoms with E-state index in [1.54, 1.807) is 61.0 Å². The van der Waals surface area contributed by atoms with Gasteiger partial charge in [-0.15, -0.1) is 11.3 Å². The van der Waals surface area contributed by atoms with Gasteiger partial charge in [0.15, 0.2) is 17.7 Å². The third-order valence-corrected chi connectivity index (χ3v) is 16.6. The molecule has 0 aliphatic carbocycles. The topological polar surface area (TPSA) is 302 Å². The number of esters is 1. The van der Waals surface area contributed by atoms with E-state index < -0.39 is 112 Å². The van der Waals surface area contributed by atoms with Gasteiger partial charge < -0.3 is 78.9 Å². The third-order valence-electron chi connectivity index (χ3n) is 14.4. The number of hydrogen-bond donors (Lipinski definition) is 7. The first-order valence-corrected chi connectivity index (χ1v) is 27.5. The number of nitrogen functional groups attached to an aromatic ring is 1. The fourth-order valence-electron chi connectivity index (χ4n) is 10.0. The number of aromatic nitrogens is 1. The Hall–Kier alpha value is -3.18. The number of carbonyl (C=O) groups excluding carboxylic acids is 1. The highest BCUT2D eigenvalue weighted by Crippen LogP contribution is 2.41. The first-order chi connectivity index (χ1) is 34.5. The van der Waals surface area contributed by atoms with E-state index in [1.807, 2.05) is 32.8 Å². The lowest BCUT2D eigenvalue weighted by molar-refractivity contribution is -0.317. The number of hydrogen-bond acceptors (Lipinski definition) is 22. The van der Waals surface area contributed by atoms with Crippen LogP contribution in [0.2, 0.25) is 0 Å². The molecule has 1 aromatic heterocycles. The summed E-state index contributed by atoms with van der Waals surface area (Å²) >= 11 is 1.22. The van der Waals surface area contributed by atoms with Crippen LogP contribution >= 0.6 is 11.3 Å². The molecule has 74 heavy (non-hydrogen) atoms. The summed E-state index contributed by atoms with van der Waals surface area (Å²) in [4.78, 5) is 25.8. The summed E-state index contributed by atoms with van der Waals surface area (Å²) in [6.45, 7) is 17.3. The summed E-state index contributed by atoms with van der Waals surface area (Å²) in [6, 6.07) is 5.65. The van der Waals surface area contributed by atoms with E-state index in [2.05, 4.69) is 14.9 Å². The molecule has 3 fully saturated rings. The van der Waals surface area contributed by atoms with Crippen LogP contribution in [0.15, 0.2) is 45.9 Å². The number of cyclic esters (lactones) is 1. The molecule has 0 saturated carbocycles. The number of nitrogens with two attached hydrogens (primary N) is 1. The average molecular weight is 1090 g/mol. The number of aliphatic hydroxyl groups is 5. The maximum Gasteiger partial charge on any atom is 0.311 e. The van der Waals surface area contributed by atoms with Gasteiger partial charge in [-0.05, 0) is 99.2 Å². The molecule has 0 bridgehead atoms. The number of rotatable bonds is 16. The van der Waals surface area contributed by atoms with Crippen molar-refractivity contribution in [3.63, 3.8) is 0 Å². The van der Waals surface area contributed by atoms with E-state index in [4.69, 9.17) is 48.5 Å². The van der Waals surface area contributed by atoms with Crippen molar-refractivity contribution in [1.29, 1.82) is 0 Å². The van der Waals surface area contributed by atoms with Gasteiger partial charge in [-0.25, -0.2) is 13.4 Å². The van der Waals surface area contributed by atoms with Gasteiger partial charge >= 0.3 is 5.97 Å². The lowest BCUT2D eigenvalue weighted by Crippen LogP contribution is -2.61. The fraction of sp³-hybridized carbons (Fsp3) is 0.780. The molecule has 8 N–H and O–H groups in total. The van der Waals surface area contributed by atoms with Crippen LogP contribution in [0.4, 0.5) is 10.8 Å². The molecule has 0 radical (unpaired) electrons. The van der Waals surface area contributed by atoms with Gasteiger partial charge in [0, 0.05) is 61.7 Å². The number of sulfonamides is 1. The van der Waals surface area contributed by atoms with Crippen molar-refractivity contribution < 1.29 is 81.5 Å². The standard InChI is InChI=1S/C41H76N2O15.C9H9N3O2S2/c1-15-29-41(10,49)34(45)24(4)31(42-53-21-52-17-16-50-13)22(2)19-39(8,48)36(58-38-32(44)28(43(11)12)18-23(3)54-38)25(5)33(26(6)37(47)56-29)57-30-20-40(9,51-14)35(46)27(7)55-30;10-7-1-3-8(4-2-7)16(13,14)12-9-11-5-6-15-9/h22-30,32-36,38,44-46,48-49H,15-21H2,1-14H3;1-6H,10H2,(H,11,12)/b42-31-;/t22-,23-,24+,25+,26-,27+,28+,29-,30+,32-,33+,34-,35+,36-,38+,39-,40-,41-;/m1./s1. The van der Waals surface area contributed by atoms with Crippen LogP contribution in [0.1, 0.15) is 94.9 Å². The summed E-state index contributed by atoms with van der Waals surface area (Å²) in [7, 11) is 3.20. The lowest BCUT2D eigenvalue weighted by atomic mass is 9.73. The Morgan fingerprint density at radius 1 is 0.946 bits per heavy atom. The third kappa shape index (κ3) is 16.2. The van der Waals surface area contributed by atoms with Crippen LogP contribution in [-0.2, 0) is 57.6 Å². The van der Waals surface area contributed by atoms with E-state index in [1.165, 1.54) is 55.8 Å². The first-order valence-electron chi connectivity index (χ1n) is 25.1. The number of nitrogens with one attached hydrogen (secondary N) is 1. The number of thiazole rings is 1. The van der Waals surface area contributed by atoms with Gasteiger partial charge in [0.2, 0.25) is 6.79 Å². The monoisotopic (exact) mass is 1090 g/mol. The predicted molar refractivity (Wildman–Crippen MR) is 276 cm³/mol. The Morgan fingerprint density at radius 3 is 2.19 bits per heavy atom. The molecule has 3 aliphatic rings. The number of nitrogens with zero attached hydrogens (tertiary/aromatic N) is 3. The van der Waals surface area contributed by atoms with Crippen LogP contribution in [0.3, 0.4) is 0 Å². The Kier molecular flexibility index (Phi) is 23.5. The SMILES string of the molecule is CC[C@H]1OC(=O)[C@H](C)[C@@H](O[C@H]2C[C@@](C)(OC)[C@@H](O)[C@H](C)O2)[C@H](C)[C@@H](O[C@@H]2O[C@H](C)C[C@H](N(C)C)[C@H]2O)[C@](C)(O)C[C@@H](C)/C(=N/OCOCCOC)[C@H](C)[C@@H](O)[C@]1(C)O.Nc1ccc(S(=O)(=O)Nc2nccs2)cc1. The molecule has 18 atom stereocenters. The van der Waals surface area contributed by atoms with E-state index in [0.717, 1.165) is 0 Å². The summed E-state index contributed by atoms with van der Waals surface area (Å²) in [5.41, 5.74) is 1.51. The van der Waals surface area contributed by atoms with Gasteiger partial charge in [-0.2, -0.15) is 0 Å². The molecule has 0 unspecified atom stereocenters. The molecule has 4 heterocycles. The van der Waals surface area contributed by atoms with E-state index in [-0.39, 0.29) is 49.7 Å². The number of carbonyl (C=O) groups is 1. The van der Waals surface area contributed by atoms with Gasteiger partial charge in [0.1, 0.15) is 23.9 Å². The van der Waals surface area contributed by atoms with Crippen molar-refractivity contribution in [3.05, 3.63) is 35.8 Å². The molecular formula is C50H85N5O17S2. The van der Waals surface area contributed by atoms with Crippen molar-refractivity contribution in [3.8, 4) is 0 Å². The Balaban J connectivity index is 0.000000623. The molecule has 5 rings (SSSR count). The summed E-state index contributed by atoms with van der Waals surface area (Å²) in [5, 5.41) is 65.6. The minimum Gasteiger partial charge on any atom is -0.459 e. The molecule has 3 saturated heterocycles. The summed E-state index contributed by atoms with van der Waals surface area (Å²) in [6.07, 6.45) is -7.96. The maximum atomic E-state index is 14.3. The van der Waals surface area contributed by atoms with Crippen LogP contribution < -0.4 is 10.5 Å². The zero-order chi connectivity index (χ0) is 55.5. The zero-order valence-corrected chi connectivity index (χ0v) is 47.1. The molecule has 424 valence electrons. The number of oxime groups is 1. The van der Waals surface area contributed by atoms with Crippen LogP contribution in [-0.4, -0.2) is 188 Å². The lowest BCUT2D eigenvalue weighted by Gasteiger charge is -2.49. The van der Waals surface area contributed by atoms with Gasteiger partial charge in [-0.1, -0.05) is 32.9 Å². The minimum atomic E-state index is -3.56. The Morgan fingerprint density at radius 2 is 1.61 bits per heavy atom. The van der Waals surface area contributed by atoms with Crippen molar-refractivity contribution in [2.45, 2.75) is 184 Å². The van der Waals surface area contributed by atoms with Crippen LogP contribution in [0, 0.1) is 23.7 Å². The molecule has 3 aliphatic heterocycles. The second kappa shape index (κ2) is 27.4. The molecule has 1 aromatic carbocycles. The van der Waals surface area contributed by atoms with Crippen molar-refractivity contribution in [2.24, 2.45) is 28.8 Å². The van der Waals surface area contributed by atoms with E-state index in [9.17, 15) is 38.7 Å². The normalized spacial score (nSPS) is 38.4. The van der Waals surface area contributed by atoms with Crippen LogP contribution in [0.25, 0.3) is 0 Å². The van der Waals surface area contributed by atoms with E-state index >= 15 is 0 Å². The number of likely N-dealkylation sites (N-methyl/N-ethyl adjacent to an activating group) is 1. The molecule has 22 nitrogen and oxygen atoms in total. The van der Waals surface area contributed by atoms with Gasteiger partial charge in [-0.3, -0.25) is 9.52 Å². The second-order valence-electron chi connectivity index (χ2n) is 20.7. The first kappa shape index (κ1) is 63.4. The summed E-state index contributed by atoms with van der Waals surface area (Å²) in [5.74, 6) is -4.14. The maximum absolute atomic E-state index is 14.3. The minimum absolute atomic E-state index is 0.0307. The highest BCUT2D eigenvalue weighted by molar-refractivity contribution is 7.93. The quantitative estimate of drug-likeness (QED) is 0.0414. The second-order valence-corrected chi connectivity index (χ2v) is 23.3. The molecular weight excluding hydrogens is 1010 g/mol. The smallest absolute Gasteiger partial charge is 0.311 e.